The van der Waals surface area contributed by atoms with E-state index in [4.69, 9.17) is 10.5 Å². The van der Waals surface area contributed by atoms with Crippen LogP contribution in [-0.2, 0) is 14.9 Å². The highest BCUT2D eigenvalue weighted by molar-refractivity contribution is 5.91. The number of ether oxygens (including phenoxy) is 1. The topological polar surface area (TPSA) is 52.3 Å². The van der Waals surface area contributed by atoms with Gasteiger partial charge in [-0.15, -0.1) is 0 Å². The molecule has 0 unspecified atom stereocenters. The van der Waals surface area contributed by atoms with Gasteiger partial charge in [0.25, 0.3) is 0 Å². The number of rotatable bonds is 3. The van der Waals surface area contributed by atoms with E-state index in [0.29, 0.717) is 12.3 Å². The minimum absolute atomic E-state index is 0.0241. The van der Waals surface area contributed by atoms with Crippen LogP contribution in [0.2, 0.25) is 0 Å². The summed E-state index contributed by atoms with van der Waals surface area (Å²) in [6.45, 7) is 8.46. The van der Waals surface area contributed by atoms with Crippen LogP contribution in [0.5, 0.6) is 0 Å². The lowest BCUT2D eigenvalue weighted by Gasteiger charge is -2.22. The van der Waals surface area contributed by atoms with Crippen molar-refractivity contribution in [3.05, 3.63) is 41.5 Å². The van der Waals surface area contributed by atoms with Crippen LogP contribution in [0.4, 0.5) is 0 Å². The second-order valence-electron chi connectivity index (χ2n) is 5.15. The first kappa shape index (κ1) is 14.3. The SMILES string of the molecule is CCOC(=O)C=C(N)c1ccccc1C(C)(C)C. The van der Waals surface area contributed by atoms with Crippen LogP contribution in [0.3, 0.4) is 0 Å². The quantitative estimate of drug-likeness (QED) is 0.660. The van der Waals surface area contributed by atoms with E-state index < -0.39 is 5.97 Å². The Balaban J connectivity index is 3.14. The zero-order valence-electron chi connectivity index (χ0n) is 11.5. The van der Waals surface area contributed by atoms with E-state index in [0.717, 1.165) is 11.1 Å². The molecule has 0 heterocycles. The average Bonchev–Trinajstić information content (AvgIpc) is 2.28. The molecule has 0 aliphatic carbocycles. The minimum atomic E-state index is -0.404. The van der Waals surface area contributed by atoms with Crippen molar-refractivity contribution in [2.75, 3.05) is 6.61 Å². The van der Waals surface area contributed by atoms with Crippen molar-refractivity contribution >= 4 is 11.7 Å². The van der Waals surface area contributed by atoms with Gasteiger partial charge in [-0.3, -0.25) is 0 Å². The first-order chi connectivity index (χ1) is 8.36. The molecule has 3 heteroatoms. The van der Waals surface area contributed by atoms with Crippen LogP contribution in [-0.4, -0.2) is 12.6 Å². The number of nitrogens with two attached hydrogens (primary N) is 1. The third-order valence-electron chi connectivity index (χ3n) is 2.61. The third kappa shape index (κ3) is 3.62. The summed E-state index contributed by atoms with van der Waals surface area (Å²) in [5.74, 6) is -0.404. The van der Waals surface area contributed by atoms with Crippen molar-refractivity contribution in [3.8, 4) is 0 Å². The lowest BCUT2D eigenvalue weighted by atomic mass is 9.83. The summed E-state index contributed by atoms with van der Waals surface area (Å²) < 4.78 is 4.86. The summed E-state index contributed by atoms with van der Waals surface area (Å²) in [6, 6.07) is 7.84. The summed E-state index contributed by atoms with van der Waals surface area (Å²) in [4.78, 5) is 11.4. The molecule has 0 fully saturated rings. The first-order valence-electron chi connectivity index (χ1n) is 6.10. The second kappa shape index (κ2) is 5.71. The zero-order valence-corrected chi connectivity index (χ0v) is 11.5. The van der Waals surface area contributed by atoms with E-state index in [9.17, 15) is 4.79 Å². The van der Waals surface area contributed by atoms with Gasteiger partial charge in [-0.25, -0.2) is 4.79 Å². The van der Waals surface area contributed by atoms with E-state index >= 15 is 0 Å². The highest BCUT2D eigenvalue weighted by Crippen LogP contribution is 2.28. The standard InChI is InChI=1S/C15H21NO2/c1-5-18-14(17)10-13(16)11-8-6-7-9-12(11)15(2,3)4/h6-10H,5,16H2,1-4H3. The van der Waals surface area contributed by atoms with Crippen molar-refractivity contribution in [1.82, 2.24) is 0 Å². The summed E-state index contributed by atoms with van der Waals surface area (Å²) >= 11 is 0. The van der Waals surface area contributed by atoms with E-state index in [1.54, 1.807) is 6.92 Å². The Bertz CT molecular complexity index is 456. The summed E-state index contributed by atoms with van der Waals surface area (Å²) in [6.07, 6.45) is 1.34. The first-order valence-corrected chi connectivity index (χ1v) is 6.10. The Morgan fingerprint density at radius 1 is 1.33 bits per heavy atom. The van der Waals surface area contributed by atoms with Gasteiger partial charge in [0, 0.05) is 17.3 Å². The number of benzene rings is 1. The molecule has 0 bridgehead atoms. The van der Waals surface area contributed by atoms with Crippen LogP contribution >= 0.6 is 0 Å². The summed E-state index contributed by atoms with van der Waals surface area (Å²) in [5.41, 5.74) is 8.40. The van der Waals surface area contributed by atoms with E-state index in [1.807, 2.05) is 24.3 Å². The molecule has 1 aromatic carbocycles. The fraction of sp³-hybridized carbons (Fsp3) is 0.400. The Morgan fingerprint density at radius 2 is 1.94 bits per heavy atom. The van der Waals surface area contributed by atoms with Crippen LogP contribution in [0.1, 0.15) is 38.8 Å². The summed E-state index contributed by atoms with van der Waals surface area (Å²) in [7, 11) is 0. The predicted octanol–water partition coefficient (Wildman–Crippen LogP) is 2.85. The largest absolute Gasteiger partial charge is 0.463 e. The Kier molecular flexibility index (Phi) is 4.54. The van der Waals surface area contributed by atoms with Gasteiger partial charge < -0.3 is 10.5 Å². The molecule has 0 amide bonds. The third-order valence-corrected chi connectivity index (χ3v) is 2.61. The molecule has 2 N–H and O–H groups in total. The number of hydrogen-bond donors (Lipinski definition) is 1. The lowest BCUT2D eigenvalue weighted by Crippen LogP contribution is -2.16. The van der Waals surface area contributed by atoms with Gasteiger partial charge in [-0.05, 0) is 17.9 Å². The van der Waals surface area contributed by atoms with Gasteiger partial charge in [-0.2, -0.15) is 0 Å². The summed E-state index contributed by atoms with van der Waals surface area (Å²) in [5, 5.41) is 0. The lowest BCUT2D eigenvalue weighted by molar-refractivity contribution is -0.137. The highest BCUT2D eigenvalue weighted by Gasteiger charge is 2.18. The van der Waals surface area contributed by atoms with E-state index in [1.165, 1.54) is 6.08 Å². The Hall–Kier alpha value is -1.77. The van der Waals surface area contributed by atoms with Crippen molar-refractivity contribution in [3.63, 3.8) is 0 Å². The maximum atomic E-state index is 11.4. The molecule has 0 aromatic heterocycles. The minimum Gasteiger partial charge on any atom is -0.463 e. The Labute approximate surface area is 109 Å². The smallest absolute Gasteiger partial charge is 0.332 e. The maximum Gasteiger partial charge on any atom is 0.332 e. The maximum absolute atomic E-state index is 11.4. The normalized spacial score (nSPS) is 12.3. The molecule has 1 aromatic rings. The van der Waals surface area contributed by atoms with Gasteiger partial charge in [0.1, 0.15) is 0 Å². The number of carbonyl (C=O) groups excluding carboxylic acids is 1. The van der Waals surface area contributed by atoms with Gasteiger partial charge in [0.15, 0.2) is 0 Å². The van der Waals surface area contributed by atoms with E-state index in [2.05, 4.69) is 20.8 Å². The molecular formula is C15H21NO2. The van der Waals surface area contributed by atoms with Gasteiger partial charge in [-0.1, -0.05) is 45.0 Å². The molecule has 98 valence electrons. The van der Waals surface area contributed by atoms with Gasteiger partial charge in [0.2, 0.25) is 0 Å². The fourth-order valence-electron chi connectivity index (χ4n) is 1.78. The molecule has 0 aliphatic rings. The number of esters is 1. The molecule has 0 radical (unpaired) electrons. The van der Waals surface area contributed by atoms with Gasteiger partial charge >= 0.3 is 5.97 Å². The van der Waals surface area contributed by atoms with Gasteiger partial charge in [0.05, 0.1) is 6.61 Å². The van der Waals surface area contributed by atoms with Crippen molar-refractivity contribution in [1.29, 1.82) is 0 Å². The van der Waals surface area contributed by atoms with Crippen LogP contribution in [0, 0.1) is 0 Å². The van der Waals surface area contributed by atoms with Crippen molar-refractivity contribution in [2.45, 2.75) is 33.1 Å². The van der Waals surface area contributed by atoms with Crippen LogP contribution in [0.15, 0.2) is 30.3 Å². The molecule has 0 saturated heterocycles. The molecule has 0 aliphatic heterocycles. The van der Waals surface area contributed by atoms with Crippen molar-refractivity contribution in [2.24, 2.45) is 5.73 Å². The molecule has 0 atom stereocenters. The van der Waals surface area contributed by atoms with E-state index in [-0.39, 0.29) is 5.41 Å². The fourth-order valence-corrected chi connectivity index (χ4v) is 1.78. The molecule has 18 heavy (non-hydrogen) atoms. The van der Waals surface area contributed by atoms with Crippen LogP contribution in [0.25, 0.3) is 5.70 Å². The average molecular weight is 247 g/mol. The second-order valence-corrected chi connectivity index (χ2v) is 5.15. The molecule has 3 nitrogen and oxygen atoms in total. The molecule has 0 saturated carbocycles. The van der Waals surface area contributed by atoms with Crippen molar-refractivity contribution < 1.29 is 9.53 Å². The predicted molar refractivity (Wildman–Crippen MR) is 73.9 cm³/mol. The number of hydrogen-bond acceptors (Lipinski definition) is 3. The zero-order chi connectivity index (χ0) is 13.8. The molecule has 1 rings (SSSR count). The highest BCUT2D eigenvalue weighted by atomic mass is 16.5. The Morgan fingerprint density at radius 3 is 2.50 bits per heavy atom. The monoisotopic (exact) mass is 247 g/mol. The molecular weight excluding hydrogens is 226 g/mol. The van der Waals surface area contributed by atoms with Crippen LogP contribution < -0.4 is 5.73 Å². The number of carbonyl (C=O) groups is 1. The molecule has 0 spiro atoms.